The zero-order valence-corrected chi connectivity index (χ0v) is 27.0. The van der Waals surface area contributed by atoms with Gasteiger partial charge in [-0.05, 0) is 0 Å². The summed E-state index contributed by atoms with van der Waals surface area (Å²) in [4.78, 5) is 96.5. The summed E-state index contributed by atoms with van der Waals surface area (Å²) in [6.45, 7) is 7.30. The minimum absolute atomic E-state index is 0.577. The Labute approximate surface area is 269 Å². The van der Waals surface area contributed by atoms with Crippen LogP contribution in [0.15, 0.2) is 0 Å². The van der Waals surface area contributed by atoms with E-state index in [1.54, 1.807) is 0 Å². The Morgan fingerprint density at radius 2 is 0.851 bits per heavy atom. The number of hydrogen-bond donors (Lipinski definition) is 1. The summed E-state index contributed by atoms with van der Waals surface area (Å²) in [6, 6.07) is 0. The number of ether oxygens (including phenoxy) is 10. The van der Waals surface area contributed by atoms with Gasteiger partial charge in [0, 0.05) is 55.4 Å². The van der Waals surface area contributed by atoms with Gasteiger partial charge in [0.05, 0.1) is 0 Å². The fraction of sp³-hybridized carbons (Fsp3) is 0.714. The van der Waals surface area contributed by atoms with Crippen LogP contribution in [0, 0.1) is 0 Å². The van der Waals surface area contributed by atoms with E-state index < -0.39 is 122 Å². The monoisotopic (exact) mass is 677 g/mol. The van der Waals surface area contributed by atoms with Gasteiger partial charge in [-0.25, -0.2) is 0 Å². The average Bonchev–Trinajstić information content (AvgIpc) is 2.91. The molecule has 0 spiro atoms. The second-order valence-electron chi connectivity index (χ2n) is 10.4. The molecule has 2 saturated heterocycles. The quantitative estimate of drug-likeness (QED) is 0.187. The molecule has 0 aromatic rings. The number of hydrogen-bond acceptors (Lipinski definition) is 18. The number of carbonyl (C=O) groups is 8. The Morgan fingerprint density at radius 3 is 1.28 bits per heavy atom. The minimum Gasteiger partial charge on any atom is -0.463 e. The molecule has 0 aromatic heterocycles. The molecular weight excluding hydrogens is 638 g/mol. The Morgan fingerprint density at radius 1 is 0.468 bits per heavy atom. The molecule has 0 aromatic carbocycles. The van der Waals surface area contributed by atoms with Crippen LogP contribution < -0.4 is 5.32 Å². The number of esters is 7. The van der Waals surface area contributed by atoms with Crippen LogP contribution in [0.3, 0.4) is 0 Å². The molecule has 1 amide bonds. The van der Waals surface area contributed by atoms with Crippen molar-refractivity contribution in [3.8, 4) is 0 Å². The van der Waals surface area contributed by atoms with E-state index in [1.807, 2.05) is 0 Å². The van der Waals surface area contributed by atoms with E-state index in [4.69, 9.17) is 47.4 Å². The molecule has 0 saturated carbocycles. The predicted molar refractivity (Wildman–Crippen MR) is 147 cm³/mol. The maximum atomic E-state index is 12.3. The summed E-state index contributed by atoms with van der Waals surface area (Å²) >= 11 is 0. The first kappa shape index (κ1) is 38.8. The molecule has 2 fully saturated rings. The molecule has 264 valence electrons. The summed E-state index contributed by atoms with van der Waals surface area (Å²) < 4.78 is 55.3. The molecule has 0 aliphatic carbocycles. The summed E-state index contributed by atoms with van der Waals surface area (Å²) in [5.41, 5.74) is 0. The third kappa shape index (κ3) is 12.1. The smallest absolute Gasteiger partial charge is 0.303 e. The average molecular weight is 678 g/mol. The standard InChI is InChI=1S/C28H39NO18/c1-11(30)29-27-25(43-17(7)36)23(41-15(5)34)22(19(45-27)9-38-12(2)31)47-28-26(44-18(8)37)24(42-16(6)35)21(40-14(4)33)20(46-28)10-39-13(3)32/h19-28H,9-10H2,1-8H3,(H,29,30)/t19-,20-,21-,22+,23+,24+,25-,26-,27-,28+/m1/s1. The van der Waals surface area contributed by atoms with Crippen LogP contribution in [-0.2, 0) is 85.7 Å². The molecule has 2 heterocycles. The van der Waals surface area contributed by atoms with E-state index in [2.05, 4.69) is 5.32 Å². The van der Waals surface area contributed by atoms with E-state index in [0.29, 0.717) is 0 Å². The van der Waals surface area contributed by atoms with Crippen LogP contribution in [0.4, 0.5) is 0 Å². The second-order valence-corrected chi connectivity index (χ2v) is 10.4. The van der Waals surface area contributed by atoms with Crippen molar-refractivity contribution in [1.82, 2.24) is 5.32 Å². The SMILES string of the molecule is CC(=O)N[C@@H]1O[C@H](COC(C)=O)[C@H](O[C@@H]2O[C@H](COC(C)=O)[C@@H](OC(C)=O)[C@H](OC(C)=O)[C@H]2OC(C)=O)[C@H](OC(C)=O)[C@H]1OC(C)=O. The van der Waals surface area contributed by atoms with Crippen molar-refractivity contribution >= 4 is 47.7 Å². The van der Waals surface area contributed by atoms with Gasteiger partial charge in [-0.3, -0.25) is 38.4 Å². The van der Waals surface area contributed by atoms with Crippen LogP contribution in [-0.4, -0.2) is 122 Å². The number of rotatable bonds is 12. The first-order valence-corrected chi connectivity index (χ1v) is 14.3. The first-order chi connectivity index (χ1) is 21.9. The number of carbonyl (C=O) groups excluding carboxylic acids is 8. The van der Waals surface area contributed by atoms with Crippen molar-refractivity contribution in [2.24, 2.45) is 0 Å². The normalized spacial score (nSPS) is 30.0. The molecule has 10 atom stereocenters. The second kappa shape index (κ2) is 17.5. The predicted octanol–water partition coefficient (Wildman–Crippen LogP) is -1.26. The lowest BCUT2D eigenvalue weighted by Gasteiger charge is -2.48. The molecule has 0 unspecified atom stereocenters. The third-order valence-corrected chi connectivity index (χ3v) is 6.27. The van der Waals surface area contributed by atoms with Gasteiger partial charge in [0.1, 0.15) is 31.5 Å². The van der Waals surface area contributed by atoms with Crippen molar-refractivity contribution < 1.29 is 85.7 Å². The van der Waals surface area contributed by atoms with E-state index in [-0.39, 0.29) is 0 Å². The van der Waals surface area contributed by atoms with Gasteiger partial charge >= 0.3 is 41.8 Å². The summed E-state index contributed by atoms with van der Waals surface area (Å²) in [6.07, 6.45) is -15.7. The zero-order valence-electron chi connectivity index (χ0n) is 27.0. The lowest BCUT2D eigenvalue weighted by Crippen LogP contribution is -2.68. The molecule has 0 bridgehead atoms. The fourth-order valence-corrected chi connectivity index (χ4v) is 4.83. The van der Waals surface area contributed by atoms with Crippen molar-refractivity contribution in [2.75, 3.05) is 13.2 Å². The van der Waals surface area contributed by atoms with Crippen molar-refractivity contribution in [1.29, 1.82) is 0 Å². The Hall–Kier alpha value is -4.36. The third-order valence-electron chi connectivity index (χ3n) is 6.27. The highest BCUT2D eigenvalue weighted by Gasteiger charge is 2.57. The molecular formula is C28H39NO18. The molecule has 1 N–H and O–H groups in total. The maximum Gasteiger partial charge on any atom is 0.303 e. The molecule has 19 nitrogen and oxygen atoms in total. The van der Waals surface area contributed by atoms with Crippen LogP contribution >= 0.6 is 0 Å². The van der Waals surface area contributed by atoms with Crippen LogP contribution in [0.1, 0.15) is 55.4 Å². The molecule has 47 heavy (non-hydrogen) atoms. The Balaban J connectivity index is 2.73. The summed E-state index contributed by atoms with van der Waals surface area (Å²) in [7, 11) is 0. The van der Waals surface area contributed by atoms with Crippen molar-refractivity contribution in [3.05, 3.63) is 0 Å². The maximum absolute atomic E-state index is 12.3. The fourth-order valence-electron chi connectivity index (χ4n) is 4.83. The van der Waals surface area contributed by atoms with Crippen molar-refractivity contribution in [2.45, 2.75) is 117 Å². The van der Waals surface area contributed by atoms with Crippen molar-refractivity contribution in [3.63, 3.8) is 0 Å². The van der Waals surface area contributed by atoms with Gasteiger partial charge in [0.15, 0.2) is 43.0 Å². The Kier molecular flexibility index (Phi) is 14.5. The first-order valence-electron chi connectivity index (χ1n) is 14.3. The van der Waals surface area contributed by atoms with Crippen LogP contribution in [0.5, 0.6) is 0 Å². The topological polar surface area (TPSA) is 241 Å². The zero-order chi connectivity index (χ0) is 35.6. The van der Waals surface area contributed by atoms with Gasteiger partial charge in [0.25, 0.3) is 0 Å². The highest BCUT2D eigenvalue weighted by molar-refractivity contribution is 5.73. The van der Waals surface area contributed by atoms with E-state index in [0.717, 1.165) is 55.4 Å². The van der Waals surface area contributed by atoms with Gasteiger partial charge in [-0.1, -0.05) is 0 Å². The van der Waals surface area contributed by atoms with Gasteiger partial charge in [0.2, 0.25) is 5.91 Å². The van der Waals surface area contributed by atoms with Gasteiger partial charge < -0.3 is 52.7 Å². The van der Waals surface area contributed by atoms with Crippen LogP contribution in [0.25, 0.3) is 0 Å². The Bertz CT molecular complexity index is 1200. The lowest BCUT2D eigenvalue weighted by atomic mass is 9.95. The highest BCUT2D eigenvalue weighted by Crippen LogP contribution is 2.35. The van der Waals surface area contributed by atoms with E-state index in [9.17, 15) is 38.4 Å². The molecule has 2 aliphatic heterocycles. The molecule has 19 heteroatoms. The minimum atomic E-state index is -1.81. The summed E-state index contributed by atoms with van der Waals surface area (Å²) in [5, 5.41) is 2.42. The molecule has 2 aliphatic rings. The van der Waals surface area contributed by atoms with Gasteiger partial charge in [-0.2, -0.15) is 0 Å². The molecule has 2 rings (SSSR count). The number of nitrogens with one attached hydrogen (secondary N) is 1. The highest BCUT2D eigenvalue weighted by atomic mass is 16.8. The van der Waals surface area contributed by atoms with E-state index in [1.165, 1.54) is 0 Å². The number of amides is 1. The largest absolute Gasteiger partial charge is 0.463 e. The van der Waals surface area contributed by atoms with E-state index >= 15 is 0 Å². The molecule has 0 radical (unpaired) electrons. The van der Waals surface area contributed by atoms with Gasteiger partial charge in [-0.15, -0.1) is 0 Å². The van der Waals surface area contributed by atoms with Crippen LogP contribution in [0.2, 0.25) is 0 Å². The summed E-state index contributed by atoms with van der Waals surface area (Å²) in [5.74, 6) is -6.65. The lowest BCUT2D eigenvalue weighted by molar-refractivity contribution is -0.345.